The van der Waals surface area contributed by atoms with E-state index in [1.165, 1.54) is 17.0 Å². The van der Waals surface area contributed by atoms with Crippen molar-refractivity contribution >= 4 is 28.6 Å². The maximum Gasteiger partial charge on any atom is 0.259 e. The summed E-state index contributed by atoms with van der Waals surface area (Å²) in [6.45, 7) is 0.677. The maximum atomic E-state index is 13.4. The lowest BCUT2D eigenvalue weighted by Crippen LogP contribution is -2.27. The van der Waals surface area contributed by atoms with Crippen molar-refractivity contribution in [3.8, 4) is 17.1 Å². The standard InChI is InChI=1S/C24H23FN4O3S/c1-28(2)22(30)12-32-18-8-5-15-9-10-29(21(15)11-18)24-19-13-33(31)14-20(19)26-23(27-24)16-3-6-17(25)7-4-16/h3-8,11H,9-10,12-14H2,1-2H3. The molecule has 0 bridgehead atoms. The van der Waals surface area contributed by atoms with Crippen LogP contribution >= 0.6 is 0 Å². The third kappa shape index (κ3) is 4.26. The summed E-state index contributed by atoms with van der Waals surface area (Å²) in [6.07, 6.45) is 0.833. The molecule has 1 amide bonds. The fraction of sp³-hybridized carbons (Fsp3) is 0.292. The van der Waals surface area contributed by atoms with Gasteiger partial charge in [-0.05, 0) is 53.5 Å². The Morgan fingerprint density at radius 2 is 1.97 bits per heavy atom. The average Bonchev–Trinajstić information content (AvgIpc) is 3.39. The number of aromatic nitrogens is 2. The molecular weight excluding hydrogens is 443 g/mol. The lowest BCUT2D eigenvalue weighted by Gasteiger charge is -2.22. The minimum absolute atomic E-state index is 0.0393. The molecule has 1 atom stereocenters. The second-order valence-corrected chi connectivity index (χ2v) is 9.76. The van der Waals surface area contributed by atoms with Crippen molar-refractivity contribution in [2.45, 2.75) is 17.9 Å². The highest BCUT2D eigenvalue weighted by Gasteiger charge is 2.33. The first-order chi connectivity index (χ1) is 15.9. The number of anilines is 2. The minimum atomic E-state index is -1.03. The molecule has 33 heavy (non-hydrogen) atoms. The Kier molecular flexibility index (Phi) is 5.67. The number of hydrogen-bond donors (Lipinski definition) is 0. The normalized spacial score (nSPS) is 16.5. The number of benzene rings is 2. The van der Waals surface area contributed by atoms with Crippen LogP contribution in [0.25, 0.3) is 11.4 Å². The number of carbonyl (C=O) groups is 1. The Hall–Kier alpha value is -3.17. The third-order valence-corrected chi connectivity index (χ3v) is 7.05. The first-order valence-electron chi connectivity index (χ1n) is 10.6. The van der Waals surface area contributed by atoms with Crippen molar-refractivity contribution in [2.24, 2.45) is 0 Å². The number of hydrogen-bond acceptors (Lipinski definition) is 6. The van der Waals surface area contributed by atoms with Crippen molar-refractivity contribution < 1.29 is 18.5 Å². The predicted octanol–water partition coefficient (Wildman–Crippen LogP) is 3.21. The summed E-state index contributed by atoms with van der Waals surface area (Å²) < 4.78 is 31.5. The van der Waals surface area contributed by atoms with Gasteiger partial charge in [-0.2, -0.15) is 0 Å². The molecule has 0 N–H and O–H groups in total. The van der Waals surface area contributed by atoms with Crippen LogP contribution in [-0.4, -0.2) is 52.6 Å². The zero-order valence-electron chi connectivity index (χ0n) is 18.4. The SMILES string of the molecule is CN(C)C(=O)COc1ccc2c(c1)N(c1nc(-c3ccc(F)cc3)nc3c1C[S+]([O-])C3)CC2. The molecule has 0 radical (unpaired) electrons. The Bertz CT molecular complexity index is 1220. The van der Waals surface area contributed by atoms with E-state index in [0.717, 1.165) is 34.7 Å². The van der Waals surface area contributed by atoms with E-state index >= 15 is 0 Å². The van der Waals surface area contributed by atoms with Crippen LogP contribution < -0.4 is 9.64 Å². The summed E-state index contributed by atoms with van der Waals surface area (Å²) in [5.41, 5.74) is 4.47. The van der Waals surface area contributed by atoms with Gasteiger partial charge in [-0.15, -0.1) is 0 Å². The van der Waals surface area contributed by atoms with E-state index in [1.54, 1.807) is 26.2 Å². The first-order valence-corrected chi connectivity index (χ1v) is 12.1. The molecular formula is C24H23FN4O3S. The van der Waals surface area contributed by atoms with Gasteiger partial charge in [-0.25, -0.2) is 14.4 Å². The number of rotatable bonds is 5. The molecule has 170 valence electrons. The predicted molar refractivity (Wildman–Crippen MR) is 124 cm³/mol. The van der Waals surface area contributed by atoms with Gasteiger partial charge in [0.1, 0.15) is 34.6 Å². The molecule has 3 heterocycles. The van der Waals surface area contributed by atoms with E-state index in [4.69, 9.17) is 9.72 Å². The number of ether oxygens (including phenoxy) is 1. The fourth-order valence-electron chi connectivity index (χ4n) is 4.04. The van der Waals surface area contributed by atoms with Crippen molar-refractivity contribution in [2.75, 3.05) is 32.1 Å². The average molecular weight is 467 g/mol. The summed E-state index contributed by atoms with van der Waals surface area (Å²) in [5, 5.41) is 0. The lowest BCUT2D eigenvalue weighted by molar-refractivity contribution is -0.130. The molecule has 0 spiro atoms. The van der Waals surface area contributed by atoms with Gasteiger partial charge in [0.25, 0.3) is 5.91 Å². The number of amides is 1. The van der Waals surface area contributed by atoms with E-state index in [1.807, 2.05) is 18.2 Å². The first kappa shape index (κ1) is 21.7. The van der Waals surface area contributed by atoms with Crippen LogP contribution in [0.2, 0.25) is 0 Å². The van der Waals surface area contributed by atoms with Crippen LogP contribution in [0.5, 0.6) is 5.75 Å². The van der Waals surface area contributed by atoms with Gasteiger partial charge in [0.2, 0.25) is 0 Å². The summed E-state index contributed by atoms with van der Waals surface area (Å²) in [6, 6.07) is 11.9. The quantitative estimate of drug-likeness (QED) is 0.537. The van der Waals surface area contributed by atoms with Gasteiger partial charge in [0.05, 0.1) is 5.56 Å². The van der Waals surface area contributed by atoms with E-state index in [0.29, 0.717) is 35.2 Å². The second-order valence-electron chi connectivity index (χ2n) is 8.30. The maximum absolute atomic E-state index is 13.4. The van der Waals surface area contributed by atoms with Gasteiger partial charge in [0.15, 0.2) is 12.4 Å². The molecule has 0 aliphatic carbocycles. The number of halogens is 1. The van der Waals surface area contributed by atoms with Crippen LogP contribution in [0.1, 0.15) is 16.8 Å². The zero-order chi connectivity index (χ0) is 23.1. The monoisotopic (exact) mass is 466 g/mol. The Morgan fingerprint density at radius 3 is 2.73 bits per heavy atom. The minimum Gasteiger partial charge on any atom is -0.616 e. The van der Waals surface area contributed by atoms with Crippen molar-refractivity contribution in [1.29, 1.82) is 0 Å². The highest BCUT2D eigenvalue weighted by atomic mass is 32.2. The number of fused-ring (bicyclic) bond motifs is 2. The van der Waals surface area contributed by atoms with Crippen LogP contribution in [0.4, 0.5) is 15.9 Å². The molecule has 7 nitrogen and oxygen atoms in total. The highest BCUT2D eigenvalue weighted by Crippen LogP contribution is 2.41. The molecule has 2 aromatic carbocycles. The van der Waals surface area contributed by atoms with E-state index in [-0.39, 0.29) is 18.3 Å². The molecule has 2 aliphatic heterocycles. The second kappa shape index (κ2) is 8.64. The molecule has 0 saturated heterocycles. The molecule has 5 rings (SSSR count). The molecule has 1 aromatic heterocycles. The van der Waals surface area contributed by atoms with E-state index in [2.05, 4.69) is 9.88 Å². The largest absolute Gasteiger partial charge is 0.616 e. The smallest absolute Gasteiger partial charge is 0.259 e. The highest BCUT2D eigenvalue weighted by molar-refractivity contribution is 7.90. The molecule has 1 unspecified atom stereocenters. The zero-order valence-corrected chi connectivity index (χ0v) is 19.2. The molecule has 3 aromatic rings. The number of likely N-dealkylation sites (N-methyl/N-ethyl adjacent to an activating group) is 1. The van der Waals surface area contributed by atoms with Crippen molar-refractivity contribution in [1.82, 2.24) is 14.9 Å². The van der Waals surface area contributed by atoms with Crippen molar-refractivity contribution in [3.63, 3.8) is 0 Å². The fourth-order valence-corrected chi connectivity index (χ4v) is 5.31. The van der Waals surface area contributed by atoms with Crippen LogP contribution in [0.3, 0.4) is 0 Å². The van der Waals surface area contributed by atoms with Gasteiger partial charge >= 0.3 is 0 Å². The van der Waals surface area contributed by atoms with Crippen LogP contribution in [-0.2, 0) is 33.9 Å². The Labute approximate surface area is 194 Å². The van der Waals surface area contributed by atoms with Gasteiger partial charge in [0, 0.05) is 38.0 Å². The summed E-state index contributed by atoms with van der Waals surface area (Å²) in [4.78, 5) is 25.0. The van der Waals surface area contributed by atoms with Gasteiger partial charge in [-0.1, -0.05) is 6.07 Å². The summed E-state index contributed by atoms with van der Waals surface area (Å²) >= 11 is -1.03. The van der Waals surface area contributed by atoms with Crippen LogP contribution in [0, 0.1) is 5.82 Å². The van der Waals surface area contributed by atoms with Crippen LogP contribution in [0.15, 0.2) is 42.5 Å². The van der Waals surface area contributed by atoms with Crippen molar-refractivity contribution in [3.05, 3.63) is 65.1 Å². The number of carbonyl (C=O) groups excluding carboxylic acids is 1. The summed E-state index contributed by atoms with van der Waals surface area (Å²) in [7, 11) is 3.38. The third-order valence-electron chi connectivity index (χ3n) is 5.85. The lowest BCUT2D eigenvalue weighted by atomic mass is 10.1. The van der Waals surface area contributed by atoms with Gasteiger partial charge in [-0.3, -0.25) is 4.79 Å². The Morgan fingerprint density at radius 1 is 1.18 bits per heavy atom. The number of nitrogens with zero attached hydrogens (tertiary/aromatic N) is 4. The van der Waals surface area contributed by atoms with E-state index < -0.39 is 11.2 Å². The van der Waals surface area contributed by atoms with Gasteiger partial charge < -0.3 is 19.1 Å². The molecule has 9 heteroatoms. The molecule has 2 aliphatic rings. The molecule has 0 fully saturated rings. The van der Waals surface area contributed by atoms with E-state index in [9.17, 15) is 13.7 Å². The molecule has 0 saturated carbocycles. The summed E-state index contributed by atoms with van der Waals surface area (Å²) in [5.74, 6) is 2.17. The topological polar surface area (TPSA) is 81.6 Å². The Balaban J connectivity index is 1.52.